The fourth-order valence-corrected chi connectivity index (χ4v) is 3.90. The van der Waals surface area contributed by atoms with Gasteiger partial charge in [0.1, 0.15) is 11.5 Å². The van der Waals surface area contributed by atoms with Gasteiger partial charge in [-0.25, -0.2) is 4.98 Å². The molecule has 0 fully saturated rings. The molecule has 0 saturated carbocycles. The van der Waals surface area contributed by atoms with Gasteiger partial charge in [-0.3, -0.25) is 10.1 Å². The molecule has 0 spiro atoms. The predicted molar refractivity (Wildman–Crippen MR) is 123 cm³/mol. The highest BCUT2D eigenvalue weighted by Gasteiger charge is 2.10. The van der Waals surface area contributed by atoms with Gasteiger partial charge >= 0.3 is 0 Å². The van der Waals surface area contributed by atoms with Crippen LogP contribution in [0.4, 0.5) is 5.13 Å². The molecule has 9 heteroatoms. The van der Waals surface area contributed by atoms with Gasteiger partial charge in [-0.05, 0) is 65.4 Å². The summed E-state index contributed by atoms with van der Waals surface area (Å²) in [6.45, 7) is 1.85. The zero-order valence-electron chi connectivity index (χ0n) is 15.7. The number of methoxy groups -OCH3 is 1. The van der Waals surface area contributed by atoms with E-state index in [1.807, 2.05) is 54.8 Å². The van der Waals surface area contributed by atoms with Crippen LogP contribution in [0.25, 0.3) is 11.3 Å². The van der Waals surface area contributed by atoms with Gasteiger partial charge in [-0.15, -0.1) is 11.3 Å². The Labute approximate surface area is 186 Å². The third-order valence-corrected chi connectivity index (χ3v) is 5.40. The van der Waals surface area contributed by atoms with E-state index in [1.54, 1.807) is 7.11 Å². The van der Waals surface area contributed by atoms with E-state index in [0.29, 0.717) is 10.9 Å². The molecule has 0 aliphatic heterocycles. The van der Waals surface area contributed by atoms with Crippen LogP contribution >= 0.6 is 39.5 Å². The fourth-order valence-electron chi connectivity index (χ4n) is 2.36. The van der Waals surface area contributed by atoms with Gasteiger partial charge in [0.25, 0.3) is 5.91 Å². The summed E-state index contributed by atoms with van der Waals surface area (Å²) in [7, 11) is 1.62. The normalized spacial score (nSPS) is 10.3. The van der Waals surface area contributed by atoms with Crippen molar-refractivity contribution >= 4 is 55.6 Å². The smallest absolute Gasteiger partial charge is 0.264 e. The van der Waals surface area contributed by atoms with E-state index in [1.165, 1.54) is 11.3 Å². The number of aromatic nitrogens is 1. The number of ether oxygens (including phenoxy) is 2. The number of carbonyl (C=O) groups is 1. The molecule has 29 heavy (non-hydrogen) atoms. The topological polar surface area (TPSA) is 72.5 Å². The van der Waals surface area contributed by atoms with Crippen LogP contribution < -0.4 is 20.1 Å². The second-order valence-corrected chi connectivity index (χ2v) is 8.11. The van der Waals surface area contributed by atoms with Gasteiger partial charge in [-0.1, -0.05) is 17.7 Å². The highest BCUT2D eigenvalue weighted by molar-refractivity contribution is 9.10. The number of aryl methyl sites for hydroxylation is 1. The number of hydrogen-bond donors (Lipinski definition) is 2. The minimum atomic E-state index is -0.348. The molecule has 2 N–H and O–H groups in total. The van der Waals surface area contributed by atoms with Crippen LogP contribution in [-0.2, 0) is 4.79 Å². The monoisotopic (exact) mass is 491 g/mol. The molecule has 0 unspecified atom stereocenters. The van der Waals surface area contributed by atoms with E-state index in [2.05, 4.69) is 31.5 Å². The Morgan fingerprint density at radius 1 is 1.24 bits per heavy atom. The van der Waals surface area contributed by atoms with Gasteiger partial charge in [0.05, 0.1) is 17.3 Å². The number of rotatable bonds is 6. The minimum Gasteiger partial charge on any atom is -0.496 e. The number of nitrogens with one attached hydrogen (secondary N) is 2. The molecule has 0 saturated heterocycles. The van der Waals surface area contributed by atoms with Crippen LogP contribution in [0.3, 0.4) is 0 Å². The maximum Gasteiger partial charge on any atom is 0.264 e. The molecular formula is C20H18BrN3O3S2. The Morgan fingerprint density at radius 3 is 2.69 bits per heavy atom. The molecule has 150 valence electrons. The van der Waals surface area contributed by atoms with Crippen molar-refractivity contribution in [2.75, 3.05) is 19.0 Å². The largest absolute Gasteiger partial charge is 0.496 e. The molecule has 1 amide bonds. The Hall–Kier alpha value is -2.49. The van der Waals surface area contributed by atoms with E-state index in [4.69, 9.17) is 21.7 Å². The van der Waals surface area contributed by atoms with Crippen molar-refractivity contribution in [3.05, 3.63) is 57.9 Å². The lowest BCUT2D eigenvalue weighted by Crippen LogP contribution is -2.37. The van der Waals surface area contributed by atoms with Gasteiger partial charge in [-0.2, -0.15) is 0 Å². The lowest BCUT2D eigenvalue weighted by atomic mass is 10.2. The average Bonchev–Trinajstić information content (AvgIpc) is 3.15. The molecule has 2 aromatic carbocycles. The number of halogens is 1. The van der Waals surface area contributed by atoms with E-state index < -0.39 is 0 Å². The zero-order chi connectivity index (χ0) is 20.8. The summed E-state index contributed by atoms with van der Waals surface area (Å²) in [5, 5.41) is 8.15. The van der Waals surface area contributed by atoms with Crippen LogP contribution in [0.1, 0.15) is 5.56 Å². The van der Waals surface area contributed by atoms with Crippen LogP contribution in [0.5, 0.6) is 11.5 Å². The van der Waals surface area contributed by atoms with Crippen molar-refractivity contribution in [1.29, 1.82) is 0 Å². The van der Waals surface area contributed by atoms with Crippen molar-refractivity contribution < 1.29 is 14.3 Å². The lowest BCUT2D eigenvalue weighted by Gasteiger charge is -2.09. The first-order chi connectivity index (χ1) is 13.9. The van der Waals surface area contributed by atoms with E-state index in [0.717, 1.165) is 27.0 Å². The highest BCUT2D eigenvalue weighted by atomic mass is 79.9. The van der Waals surface area contributed by atoms with Gasteiger partial charge < -0.3 is 14.8 Å². The van der Waals surface area contributed by atoms with E-state index in [-0.39, 0.29) is 17.6 Å². The zero-order valence-corrected chi connectivity index (χ0v) is 18.9. The molecule has 3 aromatic rings. The second-order valence-electron chi connectivity index (χ2n) is 5.99. The molecule has 0 bridgehead atoms. The molecule has 6 nitrogen and oxygen atoms in total. The number of nitrogens with zero attached hydrogens (tertiary/aromatic N) is 1. The number of hydrogen-bond acceptors (Lipinski definition) is 6. The molecule has 0 aliphatic rings. The number of thiocarbonyl (C=S) groups is 1. The summed E-state index contributed by atoms with van der Waals surface area (Å²) in [5.74, 6) is 1.03. The SMILES string of the molecule is COc1ccc(-c2csc(NC(=S)NC(=O)COc3ccc(C)cc3)n2)cc1Br. The molecule has 0 radical (unpaired) electrons. The fraction of sp³-hybridized carbons (Fsp3) is 0.150. The lowest BCUT2D eigenvalue weighted by molar-refractivity contribution is -0.121. The summed E-state index contributed by atoms with van der Waals surface area (Å²) in [6, 6.07) is 13.2. The van der Waals surface area contributed by atoms with Gasteiger partial charge in [0, 0.05) is 10.9 Å². The first-order valence-electron chi connectivity index (χ1n) is 8.54. The van der Waals surface area contributed by atoms with Crippen molar-refractivity contribution in [3.63, 3.8) is 0 Å². The van der Waals surface area contributed by atoms with Gasteiger partial charge in [0.2, 0.25) is 0 Å². The first-order valence-corrected chi connectivity index (χ1v) is 10.6. The van der Waals surface area contributed by atoms with Crippen molar-refractivity contribution in [2.24, 2.45) is 0 Å². The summed E-state index contributed by atoms with van der Waals surface area (Å²) in [5.41, 5.74) is 2.85. The average molecular weight is 492 g/mol. The quantitative estimate of drug-likeness (QED) is 0.483. The number of thiazole rings is 1. The predicted octanol–water partition coefficient (Wildman–Crippen LogP) is 4.78. The first kappa shape index (κ1) is 21.2. The number of carbonyl (C=O) groups excluding carboxylic acids is 1. The molecular weight excluding hydrogens is 474 g/mol. The Balaban J connectivity index is 1.52. The molecule has 1 aromatic heterocycles. The van der Waals surface area contributed by atoms with E-state index in [9.17, 15) is 4.79 Å². The number of anilines is 1. The molecule has 3 rings (SSSR count). The molecule has 1 heterocycles. The summed E-state index contributed by atoms with van der Waals surface area (Å²) >= 11 is 10.0. The number of amides is 1. The van der Waals surface area contributed by atoms with Crippen LogP contribution in [0.2, 0.25) is 0 Å². The third-order valence-electron chi connectivity index (χ3n) is 3.82. The van der Waals surface area contributed by atoms with Crippen molar-refractivity contribution in [3.8, 4) is 22.8 Å². The molecule has 0 aliphatic carbocycles. The standard InChI is InChI=1S/C20H18BrN3O3S2/c1-12-3-6-14(7-4-12)27-10-18(25)23-19(28)24-20-22-16(11-29-20)13-5-8-17(26-2)15(21)9-13/h3-9,11H,10H2,1-2H3,(H2,22,23,24,25,28). The van der Waals surface area contributed by atoms with Crippen LogP contribution in [-0.4, -0.2) is 29.7 Å². The minimum absolute atomic E-state index is 0.131. The van der Waals surface area contributed by atoms with Crippen LogP contribution in [0.15, 0.2) is 52.3 Å². The Kier molecular flexibility index (Phi) is 7.18. The maximum atomic E-state index is 12.0. The van der Waals surface area contributed by atoms with Crippen molar-refractivity contribution in [1.82, 2.24) is 10.3 Å². The van der Waals surface area contributed by atoms with Gasteiger partial charge in [0.15, 0.2) is 16.9 Å². The molecule has 0 atom stereocenters. The third kappa shape index (κ3) is 5.99. The number of benzene rings is 2. The maximum absolute atomic E-state index is 12.0. The van der Waals surface area contributed by atoms with Crippen LogP contribution in [0, 0.1) is 6.92 Å². The second kappa shape index (κ2) is 9.82. The van der Waals surface area contributed by atoms with Crippen molar-refractivity contribution in [2.45, 2.75) is 6.92 Å². The Morgan fingerprint density at radius 2 is 2.00 bits per heavy atom. The Bertz CT molecular complexity index is 1020. The highest BCUT2D eigenvalue weighted by Crippen LogP contribution is 2.32. The summed E-state index contributed by atoms with van der Waals surface area (Å²) in [6.07, 6.45) is 0. The summed E-state index contributed by atoms with van der Waals surface area (Å²) in [4.78, 5) is 16.5. The summed E-state index contributed by atoms with van der Waals surface area (Å²) < 4.78 is 11.5. The van der Waals surface area contributed by atoms with E-state index >= 15 is 0 Å².